The zero-order valence-electron chi connectivity index (χ0n) is 14.4. The Morgan fingerprint density at radius 3 is 1.71 bits per heavy atom. The Bertz CT molecular complexity index is 494. The number of nitrogens with one attached hydrogen (secondary N) is 4. The lowest BCUT2D eigenvalue weighted by Crippen LogP contribution is -2.55. The van der Waals surface area contributed by atoms with Crippen molar-refractivity contribution in [2.24, 2.45) is 0 Å². The highest BCUT2D eigenvalue weighted by Crippen LogP contribution is 1.96. The molecule has 0 saturated carbocycles. The number of likely N-dealkylation sites (N-methyl/N-ethyl adjacent to an activating group) is 1. The van der Waals surface area contributed by atoms with E-state index in [2.05, 4.69) is 27.8 Å². The number of carbonyl (C=O) groups excluding carboxylic acids is 3. The van der Waals surface area contributed by atoms with Crippen LogP contribution >= 0.6 is 0 Å². The molecule has 0 fully saturated rings. The van der Waals surface area contributed by atoms with Crippen molar-refractivity contribution >= 4 is 23.7 Å². The predicted molar refractivity (Wildman–Crippen MR) is 88.1 cm³/mol. The van der Waals surface area contributed by atoms with Crippen LogP contribution in [0, 0.1) is 0 Å². The van der Waals surface area contributed by atoms with E-state index in [0.717, 1.165) is 0 Å². The molecule has 4 atom stereocenters. The standard InChI is InChI=1S/C15H26N4O5/c1-6-7-11(15(23)24)19-14(22)10(4)18-13(21)9(3)17-12(20)8(2)16-5/h6,8-11,16H,1,7H2,2-5H3,(H,17,20)(H,18,21)(H,19,22)(H,23,24). The molecule has 24 heavy (non-hydrogen) atoms. The minimum absolute atomic E-state index is 0.0656. The molecule has 5 N–H and O–H groups in total. The first-order chi connectivity index (χ1) is 11.1. The topological polar surface area (TPSA) is 137 Å². The lowest BCUT2D eigenvalue weighted by Gasteiger charge is -2.21. The van der Waals surface area contributed by atoms with Crippen LogP contribution in [0.25, 0.3) is 0 Å². The highest BCUT2D eigenvalue weighted by atomic mass is 16.4. The van der Waals surface area contributed by atoms with E-state index in [4.69, 9.17) is 5.11 Å². The maximum atomic E-state index is 12.0. The van der Waals surface area contributed by atoms with Gasteiger partial charge in [0.05, 0.1) is 6.04 Å². The molecule has 0 aliphatic rings. The van der Waals surface area contributed by atoms with Gasteiger partial charge in [0, 0.05) is 0 Å². The van der Waals surface area contributed by atoms with Gasteiger partial charge < -0.3 is 26.4 Å². The zero-order valence-corrected chi connectivity index (χ0v) is 14.4. The van der Waals surface area contributed by atoms with Gasteiger partial charge in [-0.15, -0.1) is 6.58 Å². The van der Waals surface area contributed by atoms with Crippen molar-refractivity contribution in [1.82, 2.24) is 21.3 Å². The summed E-state index contributed by atoms with van der Waals surface area (Å²) >= 11 is 0. The van der Waals surface area contributed by atoms with Gasteiger partial charge in [-0.05, 0) is 34.2 Å². The van der Waals surface area contributed by atoms with Gasteiger partial charge in [-0.2, -0.15) is 0 Å². The summed E-state index contributed by atoms with van der Waals surface area (Å²) in [6, 6.07) is -3.36. The van der Waals surface area contributed by atoms with Gasteiger partial charge in [-0.1, -0.05) is 6.08 Å². The average Bonchev–Trinajstić information content (AvgIpc) is 2.52. The van der Waals surface area contributed by atoms with Crippen LogP contribution in [0.4, 0.5) is 0 Å². The normalized spacial score (nSPS) is 15.3. The predicted octanol–water partition coefficient (Wildman–Crippen LogP) is -1.25. The molecule has 0 bridgehead atoms. The van der Waals surface area contributed by atoms with Crippen LogP contribution < -0.4 is 21.3 Å². The summed E-state index contributed by atoms with van der Waals surface area (Å²) in [6.07, 6.45) is 1.44. The largest absolute Gasteiger partial charge is 0.480 e. The Balaban J connectivity index is 4.57. The number of hydrogen-bond acceptors (Lipinski definition) is 5. The number of carboxylic acid groups (broad SMARTS) is 1. The molecule has 0 radical (unpaired) electrons. The summed E-state index contributed by atoms with van der Waals surface area (Å²) in [7, 11) is 1.61. The minimum atomic E-state index is -1.19. The molecule has 9 heteroatoms. The third-order valence-electron chi connectivity index (χ3n) is 3.35. The van der Waals surface area contributed by atoms with E-state index in [9.17, 15) is 19.2 Å². The summed E-state index contributed by atoms with van der Waals surface area (Å²) in [4.78, 5) is 46.6. The zero-order chi connectivity index (χ0) is 18.9. The second-order valence-corrected chi connectivity index (χ2v) is 5.39. The van der Waals surface area contributed by atoms with Gasteiger partial charge in [0.2, 0.25) is 17.7 Å². The van der Waals surface area contributed by atoms with Crippen LogP contribution in [0.5, 0.6) is 0 Å². The van der Waals surface area contributed by atoms with Gasteiger partial charge in [-0.3, -0.25) is 14.4 Å². The molecule has 0 aliphatic heterocycles. The van der Waals surface area contributed by atoms with Gasteiger partial charge in [0.1, 0.15) is 18.1 Å². The van der Waals surface area contributed by atoms with Gasteiger partial charge in [-0.25, -0.2) is 4.79 Å². The Morgan fingerprint density at radius 2 is 1.33 bits per heavy atom. The molecule has 136 valence electrons. The molecule has 0 aromatic heterocycles. The number of rotatable bonds is 10. The lowest BCUT2D eigenvalue weighted by molar-refractivity contribution is -0.142. The lowest BCUT2D eigenvalue weighted by atomic mass is 10.2. The molecule has 4 unspecified atom stereocenters. The van der Waals surface area contributed by atoms with Crippen LogP contribution in [-0.2, 0) is 19.2 Å². The van der Waals surface area contributed by atoms with Crippen molar-refractivity contribution in [3.8, 4) is 0 Å². The maximum absolute atomic E-state index is 12.0. The van der Waals surface area contributed by atoms with E-state index in [1.165, 1.54) is 19.9 Å². The van der Waals surface area contributed by atoms with E-state index >= 15 is 0 Å². The van der Waals surface area contributed by atoms with E-state index in [-0.39, 0.29) is 12.3 Å². The van der Waals surface area contributed by atoms with E-state index in [0.29, 0.717) is 0 Å². The second-order valence-electron chi connectivity index (χ2n) is 5.39. The smallest absolute Gasteiger partial charge is 0.326 e. The van der Waals surface area contributed by atoms with Crippen molar-refractivity contribution < 1.29 is 24.3 Å². The maximum Gasteiger partial charge on any atom is 0.326 e. The van der Waals surface area contributed by atoms with Crippen LogP contribution in [-0.4, -0.2) is 60.0 Å². The molecule has 0 saturated heterocycles. The quantitative estimate of drug-likeness (QED) is 0.315. The fraction of sp³-hybridized carbons (Fsp3) is 0.600. The van der Waals surface area contributed by atoms with Crippen molar-refractivity contribution in [1.29, 1.82) is 0 Å². The van der Waals surface area contributed by atoms with Crippen LogP contribution in [0.3, 0.4) is 0 Å². The highest BCUT2D eigenvalue weighted by Gasteiger charge is 2.25. The number of hydrogen-bond donors (Lipinski definition) is 5. The highest BCUT2D eigenvalue weighted by molar-refractivity contribution is 5.93. The first kappa shape index (κ1) is 21.6. The van der Waals surface area contributed by atoms with Gasteiger partial charge in [0.25, 0.3) is 0 Å². The summed E-state index contributed by atoms with van der Waals surface area (Å²) in [5.41, 5.74) is 0. The fourth-order valence-corrected chi connectivity index (χ4v) is 1.62. The first-order valence-corrected chi connectivity index (χ1v) is 7.56. The molecule has 0 aromatic carbocycles. The van der Waals surface area contributed by atoms with Crippen molar-refractivity contribution in [2.75, 3.05) is 7.05 Å². The van der Waals surface area contributed by atoms with E-state index in [1.54, 1.807) is 14.0 Å². The molecule has 0 heterocycles. The second kappa shape index (κ2) is 10.4. The molecule has 3 amide bonds. The number of carbonyl (C=O) groups is 4. The molecule has 0 aliphatic carbocycles. The third-order valence-corrected chi connectivity index (χ3v) is 3.35. The average molecular weight is 342 g/mol. The van der Waals surface area contributed by atoms with Crippen LogP contribution in [0.2, 0.25) is 0 Å². The third kappa shape index (κ3) is 7.23. The number of aliphatic carboxylic acids is 1. The fourth-order valence-electron chi connectivity index (χ4n) is 1.62. The van der Waals surface area contributed by atoms with E-state index in [1.807, 2.05) is 0 Å². The molecule has 0 aromatic rings. The molecular weight excluding hydrogens is 316 g/mol. The Kier molecular flexibility index (Phi) is 9.33. The Labute approximate surface area is 141 Å². The molecule has 9 nitrogen and oxygen atoms in total. The summed E-state index contributed by atoms with van der Waals surface area (Å²) < 4.78 is 0. The van der Waals surface area contributed by atoms with Gasteiger partial charge in [0.15, 0.2) is 0 Å². The van der Waals surface area contributed by atoms with Crippen LogP contribution in [0.15, 0.2) is 12.7 Å². The van der Waals surface area contributed by atoms with Crippen molar-refractivity contribution in [2.45, 2.75) is 51.4 Å². The molecule has 0 rings (SSSR count). The first-order valence-electron chi connectivity index (χ1n) is 7.56. The van der Waals surface area contributed by atoms with E-state index < -0.39 is 42.0 Å². The number of carboxylic acids is 1. The summed E-state index contributed by atoms with van der Waals surface area (Å²) in [6.45, 7) is 7.97. The summed E-state index contributed by atoms with van der Waals surface area (Å²) in [5.74, 6) is -2.73. The summed E-state index contributed by atoms with van der Waals surface area (Å²) in [5, 5.41) is 18.9. The number of amides is 3. The Morgan fingerprint density at radius 1 is 0.917 bits per heavy atom. The molecule has 0 spiro atoms. The SMILES string of the molecule is C=CCC(NC(=O)C(C)NC(=O)C(C)NC(=O)C(C)NC)C(=O)O. The monoisotopic (exact) mass is 342 g/mol. The minimum Gasteiger partial charge on any atom is -0.480 e. The molecular formula is C15H26N4O5. The van der Waals surface area contributed by atoms with Crippen LogP contribution in [0.1, 0.15) is 27.2 Å². The van der Waals surface area contributed by atoms with Crippen molar-refractivity contribution in [3.63, 3.8) is 0 Å². The Hall–Kier alpha value is -2.42. The van der Waals surface area contributed by atoms with Crippen molar-refractivity contribution in [3.05, 3.63) is 12.7 Å². The van der Waals surface area contributed by atoms with Gasteiger partial charge >= 0.3 is 5.97 Å².